The summed E-state index contributed by atoms with van der Waals surface area (Å²) in [5.74, 6) is -0.313. The fraction of sp³-hybridized carbons (Fsp3) is 0.875. The minimum Gasteiger partial charge on any atom is -0.481 e. The minimum absolute atomic E-state index is 0.164. The predicted octanol–water partition coefficient (Wildman–Crippen LogP) is 2.34. The molecule has 2 rings (SSSR count). The Hall–Kier alpha value is -1.10. The van der Waals surface area contributed by atoms with Crippen molar-refractivity contribution in [1.29, 1.82) is 0 Å². The van der Waals surface area contributed by atoms with Crippen molar-refractivity contribution in [2.45, 2.75) is 71.0 Å². The van der Waals surface area contributed by atoms with Gasteiger partial charge in [0.25, 0.3) is 0 Å². The fourth-order valence-electron chi connectivity index (χ4n) is 3.07. The third-order valence-electron chi connectivity index (χ3n) is 4.82. The number of carboxylic acid groups (broad SMARTS) is 1. The van der Waals surface area contributed by atoms with Crippen molar-refractivity contribution < 1.29 is 19.4 Å². The highest BCUT2D eigenvalue weighted by Gasteiger charge is 2.50. The summed E-state index contributed by atoms with van der Waals surface area (Å²) < 4.78 is 5.96. The van der Waals surface area contributed by atoms with Gasteiger partial charge in [-0.05, 0) is 38.0 Å². The summed E-state index contributed by atoms with van der Waals surface area (Å²) in [5, 5.41) is 11.9. The van der Waals surface area contributed by atoms with Crippen LogP contribution in [-0.2, 0) is 14.3 Å². The molecule has 1 amide bonds. The molecule has 2 aliphatic rings. The molecular formula is C16H27NO4. The number of hydrogen-bond acceptors (Lipinski definition) is 3. The van der Waals surface area contributed by atoms with Crippen LogP contribution >= 0.6 is 0 Å². The normalized spacial score (nSPS) is 28.7. The van der Waals surface area contributed by atoms with Gasteiger partial charge in [0.05, 0.1) is 11.5 Å². The highest BCUT2D eigenvalue weighted by Crippen LogP contribution is 2.45. The molecule has 5 heteroatoms. The zero-order valence-corrected chi connectivity index (χ0v) is 13.1. The largest absolute Gasteiger partial charge is 0.481 e. The minimum atomic E-state index is -0.808. The second-order valence-corrected chi connectivity index (χ2v) is 6.73. The Balaban J connectivity index is 1.80. The van der Waals surface area contributed by atoms with Crippen LogP contribution in [0.15, 0.2) is 0 Å². The van der Waals surface area contributed by atoms with Crippen LogP contribution in [0.25, 0.3) is 0 Å². The highest BCUT2D eigenvalue weighted by molar-refractivity contribution is 5.83. The van der Waals surface area contributed by atoms with E-state index in [1.54, 1.807) is 0 Å². The molecule has 0 heterocycles. The maximum atomic E-state index is 12.2. The Morgan fingerprint density at radius 2 is 2.10 bits per heavy atom. The van der Waals surface area contributed by atoms with E-state index in [4.69, 9.17) is 9.84 Å². The molecule has 2 aliphatic carbocycles. The van der Waals surface area contributed by atoms with E-state index in [9.17, 15) is 9.59 Å². The fourth-order valence-corrected chi connectivity index (χ4v) is 3.07. The molecule has 0 aromatic heterocycles. The van der Waals surface area contributed by atoms with E-state index in [0.717, 1.165) is 19.3 Å². The average Bonchev–Trinajstić information content (AvgIpc) is 3.23. The first-order valence-electron chi connectivity index (χ1n) is 8.13. The van der Waals surface area contributed by atoms with E-state index in [1.165, 1.54) is 6.42 Å². The Kier molecular flexibility index (Phi) is 5.25. The van der Waals surface area contributed by atoms with Gasteiger partial charge in [-0.1, -0.05) is 26.7 Å². The van der Waals surface area contributed by atoms with Crippen molar-refractivity contribution in [1.82, 2.24) is 5.32 Å². The molecule has 2 fully saturated rings. The van der Waals surface area contributed by atoms with E-state index < -0.39 is 17.5 Å². The van der Waals surface area contributed by atoms with Gasteiger partial charge in [-0.2, -0.15) is 0 Å². The second-order valence-electron chi connectivity index (χ2n) is 6.73. The summed E-state index contributed by atoms with van der Waals surface area (Å²) in [6.45, 7) is 4.38. The molecule has 120 valence electrons. The molecule has 0 bridgehead atoms. The van der Waals surface area contributed by atoms with Crippen molar-refractivity contribution >= 4 is 11.9 Å². The Morgan fingerprint density at radius 3 is 2.62 bits per heavy atom. The molecule has 0 radical (unpaired) electrons. The van der Waals surface area contributed by atoms with E-state index in [0.29, 0.717) is 25.2 Å². The zero-order chi connectivity index (χ0) is 15.5. The van der Waals surface area contributed by atoms with Gasteiger partial charge in [-0.25, -0.2) is 0 Å². The molecule has 0 aromatic carbocycles. The number of nitrogens with one attached hydrogen (secondary N) is 1. The van der Waals surface area contributed by atoms with Gasteiger partial charge in [0.15, 0.2) is 0 Å². The predicted molar refractivity (Wildman–Crippen MR) is 78.9 cm³/mol. The van der Waals surface area contributed by atoms with Gasteiger partial charge in [-0.15, -0.1) is 0 Å². The summed E-state index contributed by atoms with van der Waals surface area (Å²) in [6, 6.07) is 0. The number of rotatable bonds is 7. The van der Waals surface area contributed by atoms with Crippen LogP contribution in [0.3, 0.4) is 0 Å². The number of hydrogen-bond donors (Lipinski definition) is 2. The lowest BCUT2D eigenvalue weighted by Gasteiger charge is -2.30. The second kappa shape index (κ2) is 6.77. The lowest BCUT2D eigenvalue weighted by Crippen LogP contribution is -2.42. The van der Waals surface area contributed by atoms with Crippen molar-refractivity contribution in [3.8, 4) is 0 Å². The van der Waals surface area contributed by atoms with Gasteiger partial charge < -0.3 is 15.2 Å². The van der Waals surface area contributed by atoms with Crippen LogP contribution in [-0.4, -0.2) is 35.7 Å². The van der Waals surface area contributed by atoms with E-state index in [1.807, 2.05) is 6.92 Å². The number of carboxylic acids is 1. The highest BCUT2D eigenvalue weighted by atomic mass is 16.5. The molecule has 0 saturated heterocycles. The lowest BCUT2D eigenvalue weighted by atomic mass is 9.88. The summed E-state index contributed by atoms with van der Waals surface area (Å²) in [7, 11) is 0. The molecule has 0 aromatic rings. The number of carbonyl (C=O) groups is 2. The average molecular weight is 297 g/mol. The molecule has 21 heavy (non-hydrogen) atoms. The van der Waals surface area contributed by atoms with Crippen LogP contribution in [0.1, 0.15) is 58.8 Å². The first-order valence-corrected chi connectivity index (χ1v) is 8.13. The standard InChI is InChI=1S/C16H27NO4/c1-3-13(21-12-6-4-5-11(2)9-12)14(18)17-10-16(7-8-16)15(19)20/h11-13H,3-10H2,1-2H3,(H,17,18)(H,19,20). The van der Waals surface area contributed by atoms with Gasteiger partial charge in [0.2, 0.25) is 5.91 Å². The van der Waals surface area contributed by atoms with Gasteiger partial charge in [-0.3, -0.25) is 9.59 Å². The number of aliphatic carboxylic acids is 1. The summed E-state index contributed by atoms with van der Waals surface area (Å²) in [5.41, 5.74) is -0.715. The topological polar surface area (TPSA) is 75.6 Å². The zero-order valence-electron chi connectivity index (χ0n) is 13.1. The summed E-state index contributed by atoms with van der Waals surface area (Å²) in [6.07, 6.45) is 6.08. The first kappa shape index (κ1) is 16.3. The monoisotopic (exact) mass is 297 g/mol. The SMILES string of the molecule is CCC(OC1CCCC(C)C1)C(=O)NCC1(C(=O)O)CC1. The van der Waals surface area contributed by atoms with Crippen LogP contribution in [0, 0.1) is 11.3 Å². The maximum Gasteiger partial charge on any atom is 0.311 e. The maximum absolute atomic E-state index is 12.2. The van der Waals surface area contributed by atoms with Crippen molar-refractivity contribution in [2.24, 2.45) is 11.3 Å². The molecular weight excluding hydrogens is 270 g/mol. The Labute approximate surface area is 126 Å². The van der Waals surface area contributed by atoms with Gasteiger partial charge >= 0.3 is 5.97 Å². The molecule has 2 saturated carbocycles. The Bertz CT molecular complexity index is 392. The van der Waals surface area contributed by atoms with E-state index in [2.05, 4.69) is 12.2 Å². The van der Waals surface area contributed by atoms with Crippen LogP contribution in [0.5, 0.6) is 0 Å². The third-order valence-corrected chi connectivity index (χ3v) is 4.82. The van der Waals surface area contributed by atoms with Crippen molar-refractivity contribution in [2.75, 3.05) is 6.54 Å². The summed E-state index contributed by atoms with van der Waals surface area (Å²) >= 11 is 0. The molecule has 2 N–H and O–H groups in total. The smallest absolute Gasteiger partial charge is 0.311 e. The number of amides is 1. The van der Waals surface area contributed by atoms with Gasteiger partial charge in [0.1, 0.15) is 6.10 Å². The van der Waals surface area contributed by atoms with Crippen LogP contribution in [0.2, 0.25) is 0 Å². The number of ether oxygens (including phenoxy) is 1. The van der Waals surface area contributed by atoms with Crippen LogP contribution < -0.4 is 5.32 Å². The lowest BCUT2D eigenvalue weighted by molar-refractivity contribution is -0.144. The first-order chi connectivity index (χ1) is 9.97. The van der Waals surface area contributed by atoms with Crippen molar-refractivity contribution in [3.63, 3.8) is 0 Å². The molecule has 3 atom stereocenters. The molecule has 0 aliphatic heterocycles. The summed E-state index contributed by atoms with van der Waals surface area (Å²) in [4.78, 5) is 23.3. The van der Waals surface area contributed by atoms with Crippen LogP contribution in [0.4, 0.5) is 0 Å². The Morgan fingerprint density at radius 1 is 1.38 bits per heavy atom. The van der Waals surface area contributed by atoms with Gasteiger partial charge in [0, 0.05) is 6.54 Å². The quantitative estimate of drug-likeness (QED) is 0.756. The van der Waals surface area contributed by atoms with E-state index >= 15 is 0 Å². The van der Waals surface area contributed by atoms with Crippen molar-refractivity contribution in [3.05, 3.63) is 0 Å². The van der Waals surface area contributed by atoms with E-state index in [-0.39, 0.29) is 18.6 Å². The molecule has 5 nitrogen and oxygen atoms in total. The number of carbonyl (C=O) groups excluding carboxylic acids is 1. The third kappa shape index (κ3) is 4.19. The molecule has 0 spiro atoms. The molecule has 3 unspecified atom stereocenters.